The standard InChI is InChI=1S/C15H22N2O2S/c1-10-7-8-13(20-10)9-14(18)16-11(2)15(19)17-12-5-3-4-6-12/h7-8,11-12H,3-6,9H2,1-2H3,(H,16,18)(H,17,19). The minimum atomic E-state index is -0.468. The van der Waals surface area contributed by atoms with E-state index >= 15 is 0 Å². The quantitative estimate of drug-likeness (QED) is 0.874. The summed E-state index contributed by atoms with van der Waals surface area (Å²) in [6.07, 6.45) is 4.83. The molecule has 4 nitrogen and oxygen atoms in total. The lowest BCUT2D eigenvalue weighted by atomic mass is 10.2. The summed E-state index contributed by atoms with van der Waals surface area (Å²) in [6, 6.07) is 3.79. The molecule has 1 aliphatic rings. The highest BCUT2D eigenvalue weighted by Crippen LogP contribution is 2.18. The van der Waals surface area contributed by atoms with Crippen LogP contribution in [0.15, 0.2) is 12.1 Å². The van der Waals surface area contributed by atoms with Crippen LogP contribution in [0.1, 0.15) is 42.4 Å². The summed E-state index contributed by atoms with van der Waals surface area (Å²) in [5.74, 6) is -0.173. The molecule has 2 rings (SSSR count). The fourth-order valence-electron chi connectivity index (χ4n) is 2.49. The minimum absolute atomic E-state index is 0.0763. The van der Waals surface area contributed by atoms with Gasteiger partial charge in [-0.3, -0.25) is 9.59 Å². The van der Waals surface area contributed by atoms with Gasteiger partial charge in [-0.15, -0.1) is 11.3 Å². The van der Waals surface area contributed by atoms with E-state index in [0.717, 1.165) is 17.7 Å². The van der Waals surface area contributed by atoms with E-state index in [1.54, 1.807) is 18.3 Å². The monoisotopic (exact) mass is 294 g/mol. The first-order chi connectivity index (χ1) is 9.54. The van der Waals surface area contributed by atoms with Crippen molar-refractivity contribution in [2.75, 3.05) is 0 Å². The summed E-state index contributed by atoms with van der Waals surface area (Å²) in [7, 11) is 0. The summed E-state index contributed by atoms with van der Waals surface area (Å²) < 4.78 is 0. The lowest BCUT2D eigenvalue weighted by Crippen LogP contribution is -2.47. The van der Waals surface area contributed by atoms with Crippen LogP contribution in [0, 0.1) is 6.92 Å². The molecule has 2 amide bonds. The Morgan fingerprint density at radius 2 is 2.05 bits per heavy atom. The number of rotatable bonds is 5. The number of hydrogen-bond donors (Lipinski definition) is 2. The molecule has 1 atom stereocenters. The molecule has 0 bridgehead atoms. The molecule has 1 fully saturated rings. The summed E-state index contributed by atoms with van der Waals surface area (Å²) in [4.78, 5) is 26.1. The van der Waals surface area contributed by atoms with Crippen LogP contribution in [0.4, 0.5) is 0 Å². The molecule has 1 aliphatic carbocycles. The second kappa shape index (κ2) is 6.88. The number of amides is 2. The van der Waals surface area contributed by atoms with E-state index in [4.69, 9.17) is 0 Å². The van der Waals surface area contributed by atoms with Gasteiger partial charge >= 0.3 is 0 Å². The van der Waals surface area contributed by atoms with E-state index in [9.17, 15) is 9.59 Å². The van der Waals surface area contributed by atoms with Crippen molar-refractivity contribution in [2.24, 2.45) is 0 Å². The van der Waals surface area contributed by atoms with E-state index in [1.807, 2.05) is 19.1 Å². The maximum atomic E-state index is 12.0. The minimum Gasteiger partial charge on any atom is -0.352 e. The first-order valence-electron chi connectivity index (χ1n) is 7.19. The average molecular weight is 294 g/mol. The van der Waals surface area contributed by atoms with Gasteiger partial charge in [0.2, 0.25) is 11.8 Å². The van der Waals surface area contributed by atoms with Crippen molar-refractivity contribution in [1.29, 1.82) is 0 Å². The van der Waals surface area contributed by atoms with Crippen molar-refractivity contribution in [3.8, 4) is 0 Å². The fraction of sp³-hybridized carbons (Fsp3) is 0.600. The largest absolute Gasteiger partial charge is 0.352 e. The van der Waals surface area contributed by atoms with Crippen LogP contribution in [0.3, 0.4) is 0 Å². The summed E-state index contributed by atoms with van der Waals surface area (Å²) >= 11 is 1.62. The molecule has 0 radical (unpaired) electrons. The van der Waals surface area contributed by atoms with Crippen LogP contribution in [-0.4, -0.2) is 23.9 Å². The molecule has 1 aromatic heterocycles. The van der Waals surface area contributed by atoms with Crippen molar-refractivity contribution in [3.63, 3.8) is 0 Å². The van der Waals surface area contributed by atoms with Gasteiger partial charge in [0.25, 0.3) is 0 Å². The number of thiophene rings is 1. The van der Waals surface area contributed by atoms with Gasteiger partial charge in [-0.2, -0.15) is 0 Å². The normalized spacial score (nSPS) is 16.9. The molecule has 1 aromatic rings. The van der Waals surface area contributed by atoms with Crippen molar-refractivity contribution in [2.45, 2.75) is 58.0 Å². The number of aryl methyl sites for hydroxylation is 1. The molecule has 0 aromatic carbocycles. The molecule has 0 spiro atoms. The van der Waals surface area contributed by atoms with Gasteiger partial charge in [0.05, 0.1) is 6.42 Å². The molecular formula is C15H22N2O2S. The Hall–Kier alpha value is -1.36. The zero-order chi connectivity index (χ0) is 14.5. The Morgan fingerprint density at radius 3 is 2.65 bits per heavy atom. The maximum Gasteiger partial charge on any atom is 0.242 e. The second-order valence-electron chi connectivity index (χ2n) is 5.47. The fourth-order valence-corrected chi connectivity index (χ4v) is 3.38. The highest BCUT2D eigenvalue weighted by atomic mass is 32.1. The molecule has 110 valence electrons. The molecule has 1 heterocycles. The predicted octanol–water partition coefficient (Wildman–Crippen LogP) is 2.16. The van der Waals surface area contributed by atoms with Crippen molar-refractivity contribution in [3.05, 3.63) is 21.9 Å². The van der Waals surface area contributed by atoms with Gasteiger partial charge in [-0.05, 0) is 38.8 Å². The van der Waals surface area contributed by atoms with Crippen molar-refractivity contribution >= 4 is 23.2 Å². The SMILES string of the molecule is Cc1ccc(CC(=O)NC(C)C(=O)NC2CCCC2)s1. The third-order valence-corrected chi connectivity index (χ3v) is 4.60. The molecule has 20 heavy (non-hydrogen) atoms. The Bertz CT molecular complexity index is 478. The average Bonchev–Trinajstić information content (AvgIpc) is 3.01. The van der Waals surface area contributed by atoms with Gasteiger partial charge in [-0.25, -0.2) is 0 Å². The molecule has 0 aliphatic heterocycles. The van der Waals surface area contributed by atoms with Crippen molar-refractivity contribution in [1.82, 2.24) is 10.6 Å². The first kappa shape index (κ1) is 15.0. The topological polar surface area (TPSA) is 58.2 Å². The number of carbonyl (C=O) groups excluding carboxylic acids is 2. The second-order valence-corrected chi connectivity index (χ2v) is 6.84. The first-order valence-corrected chi connectivity index (χ1v) is 8.01. The van der Waals surface area contributed by atoms with E-state index in [0.29, 0.717) is 12.5 Å². The zero-order valence-corrected chi connectivity index (χ0v) is 12.9. The van der Waals surface area contributed by atoms with Gasteiger partial charge in [0.15, 0.2) is 0 Å². The molecule has 1 saturated carbocycles. The zero-order valence-electron chi connectivity index (χ0n) is 12.1. The van der Waals surface area contributed by atoms with E-state index in [2.05, 4.69) is 10.6 Å². The summed E-state index contributed by atoms with van der Waals surface area (Å²) in [5.41, 5.74) is 0. The van der Waals surface area contributed by atoms with Crippen molar-refractivity contribution < 1.29 is 9.59 Å². The van der Waals surface area contributed by atoms with Crippen LogP contribution in [0.2, 0.25) is 0 Å². The van der Waals surface area contributed by atoms with E-state index in [1.165, 1.54) is 17.7 Å². The number of hydrogen-bond acceptors (Lipinski definition) is 3. The van der Waals surface area contributed by atoms with E-state index < -0.39 is 6.04 Å². The van der Waals surface area contributed by atoms with Gasteiger partial charge in [0, 0.05) is 15.8 Å². The van der Waals surface area contributed by atoms with Gasteiger partial charge in [-0.1, -0.05) is 12.8 Å². The van der Waals surface area contributed by atoms with Crippen LogP contribution in [-0.2, 0) is 16.0 Å². The van der Waals surface area contributed by atoms with Gasteiger partial charge in [0.1, 0.15) is 6.04 Å². The highest BCUT2D eigenvalue weighted by molar-refractivity contribution is 7.12. The van der Waals surface area contributed by atoms with Crippen LogP contribution in [0.5, 0.6) is 0 Å². The van der Waals surface area contributed by atoms with Gasteiger partial charge < -0.3 is 10.6 Å². The molecular weight excluding hydrogens is 272 g/mol. The highest BCUT2D eigenvalue weighted by Gasteiger charge is 2.21. The third kappa shape index (κ3) is 4.34. The lowest BCUT2D eigenvalue weighted by Gasteiger charge is -2.17. The smallest absolute Gasteiger partial charge is 0.242 e. The number of nitrogens with one attached hydrogen (secondary N) is 2. The Labute approximate surface area is 124 Å². The Morgan fingerprint density at radius 1 is 1.35 bits per heavy atom. The summed E-state index contributed by atoms with van der Waals surface area (Å²) in [5, 5.41) is 5.77. The van der Waals surface area contributed by atoms with E-state index in [-0.39, 0.29) is 11.8 Å². The Kier molecular flexibility index (Phi) is 5.17. The Balaban J connectivity index is 1.76. The van der Waals surface area contributed by atoms with Crippen LogP contribution in [0.25, 0.3) is 0 Å². The molecule has 2 N–H and O–H groups in total. The van der Waals surface area contributed by atoms with Crippen LogP contribution >= 0.6 is 11.3 Å². The summed E-state index contributed by atoms with van der Waals surface area (Å²) in [6.45, 7) is 3.76. The third-order valence-electron chi connectivity index (χ3n) is 3.60. The molecule has 5 heteroatoms. The molecule has 0 saturated heterocycles. The predicted molar refractivity (Wildman–Crippen MR) is 80.8 cm³/mol. The molecule has 1 unspecified atom stereocenters. The maximum absolute atomic E-state index is 12.0. The number of carbonyl (C=O) groups is 2. The van der Waals surface area contributed by atoms with Crippen LogP contribution < -0.4 is 10.6 Å². The lowest BCUT2D eigenvalue weighted by molar-refractivity contribution is -0.128.